The molecular formula is C12H13N7. The molecule has 1 N–H and O–H groups in total. The second-order valence-corrected chi connectivity index (χ2v) is 4.48. The fourth-order valence-electron chi connectivity index (χ4n) is 2.24. The Balaban J connectivity index is 1.82. The van der Waals surface area contributed by atoms with Crippen molar-refractivity contribution < 1.29 is 0 Å². The molecule has 1 aliphatic heterocycles. The average molecular weight is 255 g/mol. The summed E-state index contributed by atoms with van der Waals surface area (Å²) in [6.07, 6.45) is 5.07. The molecule has 96 valence electrons. The van der Waals surface area contributed by atoms with Gasteiger partial charge in [-0.25, -0.2) is 19.6 Å². The van der Waals surface area contributed by atoms with Gasteiger partial charge < -0.3 is 5.32 Å². The van der Waals surface area contributed by atoms with Crippen molar-refractivity contribution in [2.45, 2.75) is 32.4 Å². The zero-order valence-electron chi connectivity index (χ0n) is 10.5. The maximum absolute atomic E-state index is 8.69. The molecule has 19 heavy (non-hydrogen) atoms. The van der Waals surface area contributed by atoms with E-state index in [-0.39, 0.29) is 6.04 Å². The number of hydrogen-bond donors (Lipinski definition) is 1. The highest BCUT2D eigenvalue weighted by molar-refractivity contribution is 5.35. The highest BCUT2D eigenvalue weighted by Gasteiger charge is 2.23. The normalized spacial score (nSPS) is 17.6. The van der Waals surface area contributed by atoms with Crippen molar-refractivity contribution in [2.75, 3.05) is 5.32 Å². The number of anilines is 1. The van der Waals surface area contributed by atoms with E-state index in [0.717, 1.165) is 31.0 Å². The Morgan fingerprint density at radius 3 is 3.05 bits per heavy atom. The number of nitrogens with one attached hydrogen (secondary N) is 1. The second kappa shape index (κ2) is 4.65. The molecular weight excluding hydrogens is 242 g/mol. The second-order valence-electron chi connectivity index (χ2n) is 4.48. The maximum Gasteiger partial charge on any atom is 0.158 e. The Labute approximate surface area is 110 Å². The Morgan fingerprint density at radius 1 is 1.42 bits per heavy atom. The first kappa shape index (κ1) is 11.6. The molecule has 0 saturated carbocycles. The lowest BCUT2D eigenvalue weighted by molar-refractivity contribution is 0.436. The summed E-state index contributed by atoms with van der Waals surface area (Å²) in [5.41, 5.74) is 0.313. The van der Waals surface area contributed by atoms with Gasteiger partial charge in [-0.3, -0.25) is 0 Å². The standard InChI is InChI=1S/C12H13N7/c1-8-16-12-10(3-2-4-19(12)18-8)17-11-7-14-9(5-13)6-15-11/h6-7,10H,2-4H2,1H3,(H,15,17). The molecule has 0 spiro atoms. The van der Waals surface area contributed by atoms with Gasteiger partial charge in [-0.15, -0.1) is 0 Å². The molecule has 7 nitrogen and oxygen atoms in total. The quantitative estimate of drug-likeness (QED) is 0.866. The van der Waals surface area contributed by atoms with Gasteiger partial charge in [-0.05, 0) is 19.8 Å². The Kier molecular flexibility index (Phi) is 2.83. The van der Waals surface area contributed by atoms with Gasteiger partial charge in [0.05, 0.1) is 18.4 Å². The summed E-state index contributed by atoms with van der Waals surface area (Å²) in [5.74, 6) is 2.38. The maximum atomic E-state index is 8.69. The average Bonchev–Trinajstić information content (AvgIpc) is 2.81. The highest BCUT2D eigenvalue weighted by atomic mass is 15.4. The summed E-state index contributed by atoms with van der Waals surface area (Å²) in [6.45, 7) is 2.80. The van der Waals surface area contributed by atoms with Crippen molar-refractivity contribution in [1.82, 2.24) is 24.7 Å². The van der Waals surface area contributed by atoms with Crippen LogP contribution in [0, 0.1) is 18.3 Å². The molecule has 1 atom stereocenters. The Hall–Kier alpha value is -2.49. The molecule has 2 aromatic heterocycles. The SMILES string of the molecule is Cc1nc2n(n1)CCCC2Nc1cnc(C#N)cn1. The van der Waals surface area contributed by atoms with Crippen molar-refractivity contribution in [2.24, 2.45) is 0 Å². The first-order valence-electron chi connectivity index (χ1n) is 6.16. The zero-order valence-corrected chi connectivity index (χ0v) is 10.5. The van der Waals surface area contributed by atoms with E-state index in [4.69, 9.17) is 5.26 Å². The first-order valence-corrected chi connectivity index (χ1v) is 6.16. The summed E-state index contributed by atoms with van der Waals surface area (Å²) >= 11 is 0. The van der Waals surface area contributed by atoms with Crippen LogP contribution in [0.2, 0.25) is 0 Å². The van der Waals surface area contributed by atoms with Crippen LogP contribution in [-0.2, 0) is 6.54 Å². The van der Waals surface area contributed by atoms with Crippen molar-refractivity contribution in [3.05, 3.63) is 29.7 Å². The number of aromatic nitrogens is 5. The van der Waals surface area contributed by atoms with Crippen LogP contribution in [0.5, 0.6) is 0 Å². The molecule has 0 aliphatic carbocycles. The van der Waals surface area contributed by atoms with E-state index >= 15 is 0 Å². The molecule has 3 rings (SSSR count). The summed E-state index contributed by atoms with van der Waals surface area (Å²) in [4.78, 5) is 12.6. The minimum absolute atomic E-state index is 0.0946. The van der Waals surface area contributed by atoms with Crippen molar-refractivity contribution in [3.63, 3.8) is 0 Å². The van der Waals surface area contributed by atoms with Gasteiger partial charge in [0.2, 0.25) is 0 Å². The van der Waals surface area contributed by atoms with Crippen molar-refractivity contribution in [3.8, 4) is 6.07 Å². The van der Waals surface area contributed by atoms with Gasteiger partial charge in [0.15, 0.2) is 5.69 Å². The van der Waals surface area contributed by atoms with E-state index < -0.39 is 0 Å². The lowest BCUT2D eigenvalue weighted by atomic mass is 10.1. The smallest absolute Gasteiger partial charge is 0.158 e. The van der Waals surface area contributed by atoms with Crippen LogP contribution in [0.1, 0.15) is 36.2 Å². The predicted molar refractivity (Wildman–Crippen MR) is 67.1 cm³/mol. The van der Waals surface area contributed by atoms with Gasteiger partial charge >= 0.3 is 0 Å². The van der Waals surface area contributed by atoms with Crippen LogP contribution in [0.4, 0.5) is 5.82 Å². The predicted octanol–water partition coefficient (Wildman–Crippen LogP) is 1.20. The van der Waals surface area contributed by atoms with E-state index in [1.807, 2.05) is 17.7 Å². The summed E-state index contributed by atoms with van der Waals surface area (Å²) in [5, 5.41) is 16.3. The monoisotopic (exact) mass is 255 g/mol. The topological polar surface area (TPSA) is 92.3 Å². The third-order valence-corrected chi connectivity index (χ3v) is 3.07. The van der Waals surface area contributed by atoms with E-state index in [2.05, 4.69) is 25.4 Å². The number of nitriles is 1. The molecule has 7 heteroatoms. The fraction of sp³-hybridized carbons (Fsp3) is 0.417. The van der Waals surface area contributed by atoms with Crippen molar-refractivity contribution in [1.29, 1.82) is 5.26 Å². The molecule has 3 heterocycles. The number of aryl methyl sites for hydroxylation is 2. The van der Waals surface area contributed by atoms with E-state index in [1.54, 1.807) is 6.20 Å². The number of rotatable bonds is 2. The fourth-order valence-corrected chi connectivity index (χ4v) is 2.24. The molecule has 0 saturated heterocycles. The number of nitrogens with zero attached hydrogens (tertiary/aromatic N) is 6. The molecule has 2 aromatic rings. The molecule has 0 radical (unpaired) electrons. The lowest BCUT2D eigenvalue weighted by Gasteiger charge is -2.23. The van der Waals surface area contributed by atoms with Crippen LogP contribution in [0.15, 0.2) is 12.4 Å². The largest absolute Gasteiger partial charge is 0.359 e. The molecule has 0 fully saturated rings. The highest BCUT2D eigenvalue weighted by Crippen LogP contribution is 2.26. The summed E-state index contributed by atoms with van der Waals surface area (Å²) in [7, 11) is 0. The van der Waals surface area contributed by atoms with Crippen molar-refractivity contribution >= 4 is 5.82 Å². The van der Waals surface area contributed by atoms with Crippen LogP contribution in [0.25, 0.3) is 0 Å². The van der Waals surface area contributed by atoms with Crippen LogP contribution in [0.3, 0.4) is 0 Å². The van der Waals surface area contributed by atoms with Gasteiger partial charge in [-0.2, -0.15) is 10.4 Å². The van der Waals surface area contributed by atoms with E-state index in [9.17, 15) is 0 Å². The third kappa shape index (κ3) is 2.25. The van der Waals surface area contributed by atoms with Gasteiger partial charge in [-0.1, -0.05) is 0 Å². The van der Waals surface area contributed by atoms with E-state index in [0.29, 0.717) is 11.5 Å². The lowest BCUT2D eigenvalue weighted by Crippen LogP contribution is -2.23. The minimum atomic E-state index is 0.0946. The van der Waals surface area contributed by atoms with Crippen LogP contribution < -0.4 is 5.32 Å². The van der Waals surface area contributed by atoms with Gasteiger partial charge in [0.1, 0.15) is 23.5 Å². The van der Waals surface area contributed by atoms with Crippen LogP contribution >= 0.6 is 0 Å². The third-order valence-electron chi connectivity index (χ3n) is 3.07. The van der Waals surface area contributed by atoms with Gasteiger partial charge in [0, 0.05) is 6.54 Å². The summed E-state index contributed by atoms with van der Waals surface area (Å²) in [6, 6.07) is 2.04. The zero-order chi connectivity index (χ0) is 13.2. The van der Waals surface area contributed by atoms with E-state index in [1.165, 1.54) is 6.20 Å². The van der Waals surface area contributed by atoms with Crippen LogP contribution in [-0.4, -0.2) is 24.7 Å². The molecule has 0 aromatic carbocycles. The molecule has 0 bridgehead atoms. The number of fused-ring (bicyclic) bond motifs is 1. The molecule has 1 aliphatic rings. The minimum Gasteiger partial charge on any atom is -0.359 e. The van der Waals surface area contributed by atoms with Gasteiger partial charge in [0.25, 0.3) is 0 Å². The Bertz CT molecular complexity index is 623. The molecule has 1 unspecified atom stereocenters. The first-order chi connectivity index (χ1) is 9.26. The number of hydrogen-bond acceptors (Lipinski definition) is 6. The summed E-state index contributed by atoms with van der Waals surface area (Å²) < 4.78 is 1.94. The Morgan fingerprint density at radius 2 is 2.32 bits per heavy atom. The molecule has 0 amide bonds.